The van der Waals surface area contributed by atoms with E-state index in [4.69, 9.17) is 9.47 Å². The monoisotopic (exact) mass is 283 g/mol. The van der Waals surface area contributed by atoms with Gasteiger partial charge < -0.3 is 14.8 Å². The Hall–Kier alpha value is -2.00. The largest absolute Gasteiger partial charge is 0.497 e. The maximum Gasteiger partial charge on any atom is 0.119 e. The average molecular weight is 283 g/mol. The molecule has 3 rings (SSSR count). The minimum atomic E-state index is 0.441. The van der Waals surface area contributed by atoms with E-state index in [9.17, 15) is 0 Å². The Morgan fingerprint density at radius 1 is 1.05 bits per heavy atom. The standard InChI is InChI=1S/C18H21NO2/c1-19-12-14-11-17(20-2)9-10-18(14)13-3-5-15(6-4-13)21-16-7-8-16/h3-6,9-11,16,19H,7-8,12H2,1-2H3. The number of hydrogen-bond donors (Lipinski definition) is 1. The van der Waals surface area contributed by atoms with Crippen molar-refractivity contribution in [1.82, 2.24) is 5.32 Å². The van der Waals surface area contributed by atoms with E-state index in [-0.39, 0.29) is 0 Å². The van der Waals surface area contributed by atoms with Gasteiger partial charge in [-0.3, -0.25) is 0 Å². The highest BCUT2D eigenvalue weighted by Gasteiger charge is 2.23. The molecule has 0 heterocycles. The lowest BCUT2D eigenvalue weighted by Gasteiger charge is -2.12. The number of benzene rings is 2. The number of hydrogen-bond acceptors (Lipinski definition) is 3. The first kappa shape index (κ1) is 14.0. The van der Waals surface area contributed by atoms with Gasteiger partial charge in [0, 0.05) is 6.54 Å². The van der Waals surface area contributed by atoms with Gasteiger partial charge in [-0.05, 0) is 60.8 Å². The van der Waals surface area contributed by atoms with Crippen molar-refractivity contribution in [2.75, 3.05) is 14.2 Å². The summed E-state index contributed by atoms with van der Waals surface area (Å²) < 4.78 is 11.1. The fraction of sp³-hybridized carbons (Fsp3) is 0.333. The predicted octanol–water partition coefficient (Wildman–Crippen LogP) is 3.62. The fourth-order valence-electron chi connectivity index (χ4n) is 2.41. The van der Waals surface area contributed by atoms with Crippen LogP contribution < -0.4 is 14.8 Å². The molecular weight excluding hydrogens is 262 g/mol. The molecule has 3 nitrogen and oxygen atoms in total. The van der Waals surface area contributed by atoms with Crippen LogP contribution in [0.1, 0.15) is 18.4 Å². The first-order valence-corrected chi connectivity index (χ1v) is 7.39. The topological polar surface area (TPSA) is 30.5 Å². The molecular formula is C18H21NO2. The average Bonchev–Trinajstić information content (AvgIpc) is 3.32. The van der Waals surface area contributed by atoms with Crippen molar-refractivity contribution < 1.29 is 9.47 Å². The first-order valence-electron chi connectivity index (χ1n) is 7.39. The normalized spacial score (nSPS) is 14.0. The maximum absolute atomic E-state index is 5.80. The van der Waals surface area contributed by atoms with Gasteiger partial charge in [-0.15, -0.1) is 0 Å². The molecule has 0 bridgehead atoms. The van der Waals surface area contributed by atoms with Gasteiger partial charge in [-0.2, -0.15) is 0 Å². The molecule has 0 saturated heterocycles. The van der Waals surface area contributed by atoms with E-state index >= 15 is 0 Å². The third-order valence-electron chi connectivity index (χ3n) is 3.67. The summed E-state index contributed by atoms with van der Waals surface area (Å²) in [7, 11) is 3.65. The lowest BCUT2D eigenvalue weighted by Crippen LogP contribution is -2.06. The zero-order valence-corrected chi connectivity index (χ0v) is 12.6. The molecule has 0 aliphatic heterocycles. The summed E-state index contributed by atoms with van der Waals surface area (Å²) in [5, 5.41) is 3.21. The minimum Gasteiger partial charge on any atom is -0.497 e. The molecule has 2 aromatic rings. The van der Waals surface area contributed by atoms with Gasteiger partial charge in [0.05, 0.1) is 13.2 Å². The van der Waals surface area contributed by atoms with E-state index in [0.29, 0.717) is 6.10 Å². The smallest absolute Gasteiger partial charge is 0.119 e. The van der Waals surface area contributed by atoms with E-state index < -0.39 is 0 Å². The van der Waals surface area contributed by atoms with Gasteiger partial charge in [-0.25, -0.2) is 0 Å². The highest BCUT2D eigenvalue weighted by atomic mass is 16.5. The molecule has 1 saturated carbocycles. The highest BCUT2D eigenvalue weighted by Crippen LogP contribution is 2.31. The van der Waals surface area contributed by atoms with E-state index in [1.54, 1.807) is 7.11 Å². The Balaban J connectivity index is 1.87. The van der Waals surface area contributed by atoms with Crippen molar-refractivity contribution in [1.29, 1.82) is 0 Å². The SMILES string of the molecule is CNCc1cc(OC)ccc1-c1ccc(OC2CC2)cc1. The molecule has 3 heteroatoms. The van der Waals surface area contributed by atoms with Crippen LogP contribution in [0.25, 0.3) is 11.1 Å². The van der Waals surface area contributed by atoms with Crippen LogP contribution in [0.2, 0.25) is 0 Å². The molecule has 0 radical (unpaired) electrons. The van der Waals surface area contributed by atoms with Crippen molar-refractivity contribution in [3.8, 4) is 22.6 Å². The van der Waals surface area contributed by atoms with Gasteiger partial charge in [-0.1, -0.05) is 18.2 Å². The first-order chi connectivity index (χ1) is 10.3. The van der Waals surface area contributed by atoms with Crippen molar-refractivity contribution in [3.63, 3.8) is 0 Å². The van der Waals surface area contributed by atoms with E-state index in [1.165, 1.54) is 29.5 Å². The van der Waals surface area contributed by atoms with Gasteiger partial charge in [0.25, 0.3) is 0 Å². The molecule has 1 aliphatic carbocycles. The summed E-state index contributed by atoms with van der Waals surface area (Å²) in [5.41, 5.74) is 3.65. The Morgan fingerprint density at radius 2 is 1.76 bits per heavy atom. The summed E-state index contributed by atoms with van der Waals surface area (Å²) in [6, 6.07) is 14.6. The molecule has 2 aromatic carbocycles. The van der Waals surface area contributed by atoms with Crippen LogP contribution in [0.5, 0.6) is 11.5 Å². The molecule has 0 spiro atoms. The third-order valence-corrected chi connectivity index (χ3v) is 3.67. The zero-order valence-electron chi connectivity index (χ0n) is 12.6. The predicted molar refractivity (Wildman–Crippen MR) is 84.8 cm³/mol. The second kappa shape index (κ2) is 6.19. The lowest BCUT2D eigenvalue weighted by atomic mass is 9.99. The molecule has 0 atom stereocenters. The summed E-state index contributed by atoms with van der Waals surface area (Å²) in [6.07, 6.45) is 2.82. The van der Waals surface area contributed by atoms with Crippen molar-refractivity contribution >= 4 is 0 Å². The Kier molecular flexibility index (Phi) is 4.11. The molecule has 1 N–H and O–H groups in total. The molecule has 0 aromatic heterocycles. The van der Waals surface area contributed by atoms with E-state index in [0.717, 1.165) is 18.0 Å². The maximum atomic E-state index is 5.80. The van der Waals surface area contributed by atoms with Crippen LogP contribution in [0.3, 0.4) is 0 Å². The van der Waals surface area contributed by atoms with Gasteiger partial charge in [0.2, 0.25) is 0 Å². The van der Waals surface area contributed by atoms with E-state index in [2.05, 4.69) is 41.7 Å². The lowest BCUT2D eigenvalue weighted by molar-refractivity contribution is 0.303. The fourth-order valence-corrected chi connectivity index (χ4v) is 2.41. The Labute approximate surface area is 125 Å². The number of ether oxygens (including phenoxy) is 2. The summed E-state index contributed by atoms with van der Waals surface area (Å²) in [5.74, 6) is 1.85. The van der Waals surface area contributed by atoms with Crippen LogP contribution in [-0.4, -0.2) is 20.3 Å². The van der Waals surface area contributed by atoms with Crippen LogP contribution in [0.15, 0.2) is 42.5 Å². The number of rotatable bonds is 6. The Bertz CT molecular complexity index is 603. The molecule has 21 heavy (non-hydrogen) atoms. The summed E-state index contributed by atoms with van der Waals surface area (Å²) in [6.45, 7) is 0.812. The van der Waals surface area contributed by atoms with Crippen molar-refractivity contribution in [2.45, 2.75) is 25.5 Å². The van der Waals surface area contributed by atoms with Crippen LogP contribution in [0.4, 0.5) is 0 Å². The van der Waals surface area contributed by atoms with Crippen molar-refractivity contribution in [3.05, 3.63) is 48.0 Å². The highest BCUT2D eigenvalue weighted by molar-refractivity contribution is 5.69. The zero-order chi connectivity index (χ0) is 14.7. The van der Waals surface area contributed by atoms with Crippen LogP contribution in [-0.2, 0) is 6.54 Å². The summed E-state index contributed by atoms with van der Waals surface area (Å²) >= 11 is 0. The third kappa shape index (κ3) is 3.37. The second-order valence-electron chi connectivity index (χ2n) is 5.39. The minimum absolute atomic E-state index is 0.441. The van der Waals surface area contributed by atoms with Gasteiger partial charge in [0.15, 0.2) is 0 Å². The van der Waals surface area contributed by atoms with Crippen molar-refractivity contribution in [2.24, 2.45) is 0 Å². The molecule has 0 amide bonds. The second-order valence-corrected chi connectivity index (χ2v) is 5.39. The molecule has 1 aliphatic rings. The molecule has 1 fully saturated rings. The Morgan fingerprint density at radius 3 is 2.38 bits per heavy atom. The number of nitrogens with one attached hydrogen (secondary N) is 1. The van der Waals surface area contributed by atoms with E-state index in [1.807, 2.05) is 13.1 Å². The molecule has 110 valence electrons. The molecule has 0 unspecified atom stereocenters. The van der Waals surface area contributed by atoms with Gasteiger partial charge >= 0.3 is 0 Å². The number of methoxy groups -OCH3 is 1. The van der Waals surface area contributed by atoms with Gasteiger partial charge in [0.1, 0.15) is 11.5 Å². The van der Waals surface area contributed by atoms with Crippen LogP contribution >= 0.6 is 0 Å². The van der Waals surface area contributed by atoms with Crippen LogP contribution in [0, 0.1) is 0 Å². The quantitative estimate of drug-likeness (QED) is 0.878. The summed E-state index contributed by atoms with van der Waals surface area (Å²) in [4.78, 5) is 0.